The molecule has 2 rings (SSSR count). The van der Waals surface area contributed by atoms with Gasteiger partial charge in [-0.2, -0.15) is 8.42 Å². The number of fused-ring (bicyclic) bond motifs is 1. The summed E-state index contributed by atoms with van der Waals surface area (Å²) >= 11 is 0. The van der Waals surface area contributed by atoms with Crippen LogP contribution in [-0.4, -0.2) is 99.6 Å². The van der Waals surface area contributed by atoms with E-state index in [4.69, 9.17) is 46.3 Å². The summed E-state index contributed by atoms with van der Waals surface area (Å²) in [5.74, 6) is -1.06. The first-order chi connectivity index (χ1) is 13.7. The highest BCUT2D eigenvalue weighted by Crippen LogP contribution is 2.36. The van der Waals surface area contributed by atoms with Gasteiger partial charge in [0, 0.05) is 21.3 Å². The average Bonchev–Trinajstić information content (AvgIpc) is 2.65. The lowest BCUT2D eigenvalue weighted by atomic mass is 9.96. The molecule has 0 aromatic carbocycles. The molecule has 5 atom stereocenters. The molecule has 0 radical (unpaired) electrons. The molecule has 29 heavy (non-hydrogen) atoms. The van der Waals surface area contributed by atoms with Crippen molar-refractivity contribution in [2.24, 2.45) is 0 Å². The summed E-state index contributed by atoms with van der Waals surface area (Å²) in [7, 11) is 0.204. The molecular weight excluding hydrogens is 416 g/mol. The van der Waals surface area contributed by atoms with Crippen LogP contribution >= 0.6 is 0 Å². The fraction of sp³-hybridized carbons (Fsp3) is 1.00. The van der Waals surface area contributed by atoms with Crippen molar-refractivity contribution in [3.05, 3.63) is 0 Å². The van der Waals surface area contributed by atoms with Gasteiger partial charge in [0.05, 0.1) is 13.2 Å². The molecule has 0 bridgehead atoms. The maximum Gasteiger partial charge on any atom is 0.400 e. The SMILES string of the molecule is COCOC[C@@H](OCOC)[C@H](OCOC)[C@@H]1OC(C)(C)O[C@@H]2COS(=O)(=O)O[C@@H]12. The quantitative estimate of drug-likeness (QED) is 0.290. The molecule has 0 saturated carbocycles. The summed E-state index contributed by atoms with van der Waals surface area (Å²) in [5.41, 5.74) is 0. The van der Waals surface area contributed by atoms with Gasteiger partial charge in [-0.15, -0.1) is 0 Å². The molecule has 2 heterocycles. The number of rotatable bonds is 12. The van der Waals surface area contributed by atoms with E-state index in [0.29, 0.717) is 0 Å². The predicted molar refractivity (Wildman–Crippen MR) is 94.9 cm³/mol. The average molecular weight is 446 g/mol. The van der Waals surface area contributed by atoms with Gasteiger partial charge in [0.1, 0.15) is 50.9 Å². The van der Waals surface area contributed by atoms with Gasteiger partial charge >= 0.3 is 10.4 Å². The van der Waals surface area contributed by atoms with E-state index in [1.165, 1.54) is 21.3 Å². The zero-order chi connectivity index (χ0) is 21.5. The number of hydrogen-bond donors (Lipinski definition) is 0. The van der Waals surface area contributed by atoms with Crippen LogP contribution < -0.4 is 0 Å². The third-order valence-corrected chi connectivity index (χ3v) is 4.99. The Morgan fingerprint density at radius 1 is 1.00 bits per heavy atom. The van der Waals surface area contributed by atoms with E-state index in [-0.39, 0.29) is 33.6 Å². The van der Waals surface area contributed by atoms with Gasteiger partial charge in [0.25, 0.3) is 0 Å². The molecule has 0 N–H and O–H groups in total. The third-order valence-electron chi connectivity index (χ3n) is 4.10. The Kier molecular flexibility index (Phi) is 9.63. The highest BCUT2D eigenvalue weighted by molar-refractivity contribution is 7.81. The monoisotopic (exact) mass is 446 g/mol. The smallest absolute Gasteiger partial charge is 0.359 e. The van der Waals surface area contributed by atoms with Gasteiger partial charge in [-0.1, -0.05) is 0 Å². The summed E-state index contributed by atoms with van der Waals surface area (Å²) in [4.78, 5) is 0. The Bertz CT molecular complexity index is 582. The van der Waals surface area contributed by atoms with Crippen LogP contribution in [0.15, 0.2) is 0 Å². The van der Waals surface area contributed by atoms with E-state index >= 15 is 0 Å². The van der Waals surface area contributed by atoms with Crippen LogP contribution in [0.3, 0.4) is 0 Å². The summed E-state index contributed by atoms with van der Waals surface area (Å²) in [6.45, 7) is 3.08. The molecule has 0 amide bonds. The maximum absolute atomic E-state index is 11.9. The molecule has 0 unspecified atom stereocenters. The molecule has 2 aliphatic heterocycles. The fourth-order valence-corrected chi connectivity index (χ4v) is 3.94. The minimum Gasteiger partial charge on any atom is -0.359 e. The Morgan fingerprint density at radius 3 is 2.31 bits per heavy atom. The maximum atomic E-state index is 11.9. The van der Waals surface area contributed by atoms with Crippen molar-refractivity contribution < 1.29 is 54.7 Å². The van der Waals surface area contributed by atoms with Crippen molar-refractivity contribution in [2.75, 3.05) is 54.9 Å². The van der Waals surface area contributed by atoms with E-state index in [1.54, 1.807) is 13.8 Å². The van der Waals surface area contributed by atoms with Gasteiger partial charge in [0.15, 0.2) is 5.79 Å². The Morgan fingerprint density at radius 2 is 1.66 bits per heavy atom. The van der Waals surface area contributed by atoms with Crippen LogP contribution in [-0.2, 0) is 56.7 Å². The zero-order valence-electron chi connectivity index (χ0n) is 17.2. The van der Waals surface area contributed by atoms with Crippen LogP contribution in [0.1, 0.15) is 13.8 Å². The van der Waals surface area contributed by atoms with Gasteiger partial charge in [0.2, 0.25) is 0 Å². The van der Waals surface area contributed by atoms with Crippen LogP contribution in [0, 0.1) is 0 Å². The van der Waals surface area contributed by atoms with Crippen molar-refractivity contribution in [3.8, 4) is 0 Å². The summed E-state index contributed by atoms with van der Waals surface area (Å²) in [6.07, 6.45) is -4.23. The predicted octanol–water partition coefficient (Wildman–Crippen LogP) is -0.235. The first kappa shape index (κ1) is 24.8. The lowest BCUT2D eigenvalue weighted by Crippen LogP contribution is -2.65. The highest BCUT2D eigenvalue weighted by atomic mass is 32.3. The van der Waals surface area contributed by atoms with E-state index < -0.39 is 46.7 Å². The lowest BCUT2D eigenvalue weighted by molar-refractivity contribution is -0.361. The largest absolute Gasteiger partial charge is 0.400 e. The molecular formula is C16H30O12S. The van der Waals surface area contributed by atoms with Crippen molar-refractivity contribution >= 4 is 10.4 Å². The molecule has 2 aliphatic rings. The van der Waals surface area contributed by atoms with Crippen molar-refractivity contribution in [3.63, 3.8) is 0 Å². The van der Waals surface area contributed by atoms with Crippen molar-refractivity contribution in [1.82, 2.24) is 0 Å². The molecule has 0 aliphatic carbocycles. The number of hydrogen-bond acceptors (Lipinski definition) is 12. The standard InChI is InChI=1S/C16H30O12S/c1-16(2)26-12-7-25-29(17,18)28-14(12)15(27-16)13(24-10-21-5)11(23-9-20-4)6-22-8-19-3/h11-15H,6-10H2,1-5H3/t11-,12-,13+,14-,15+/m1/s1. The second-order valence-electron chi connectivity index (χ2n) is 6.82. The molecule has 0 aromatic rings. The lowest BCUT2D eigenvalue weighted by Gasteiger charge is -2.49. The second kappa shape index (κ2) is 11.2. The molecule has 2 saturated heterocycles. The second-order valence-corrected chi connectivity index (χ2v) is 8.06. The normalized spacial score (nSPS) is 30.4. The number of ether oxygens (including phenoxy) is 8. The minimum atomic E-state index is -4.20. The molecule has 0 spiro atoms. The topological polar surface area (TPSA) is 126 Å². The van der Waals surface area contributed by atoms with Crippen LogP contribution in [0.4, 0.5) is 0 Å². The summed E-state index contributed by atoms with van der Waals surface area (Å²) < 4.78 is 77.3. The molecule has 0 aromatic heterocycles. The van der Waals surface area contributed by atoms with Crippen molar-refractivity contribution in [1.29, 1.82) is 0 Å². The molecule has 172 valence electrons. The van der Waals surface area contributed by atoms with E-state index in [0.717, 1.165) is 0 Å². The highest BCUT2D eigenvalue weighted by Gasteiger charge is 2.54. The van der Waals surface area contributed by atoms with Crippen LogP contribution in [0.5, 0.6) is 0 Å². The first-order valence-electron chi connectivity index (χ1n) is 8.94. The summed E-state index contributed by atoms with van der Waals surface area (Å²) in [5, 5.41) is 0. The molecule has 2 fully saturated rings. The van der Waals surface area contributed by atoms with E-state index in [1.807, 2.05) is 0 Å². The zero-order valence-corrected chi connectivity index (χ0v) is 18.0. The van der Waals surface area contributed by atoms with Crippen LogP contribution in [0.25, 0.3) is 0 Å². The third kappa shape index (κ3) is 7.33. The first-order valence-corrected chi connectivity index (χ1v) is 10.3. The van der Waals surface area contributed by atoms with E-state index in [9.17, 15) is 8.42 Å². The Labute approximate surface area is 170 Å². The molecule has 12 nitrogen and oxygen atoms in total. The minimum absolute atomic E-state index is 0.0226. The number of methoxy groups -OCH3 is 3. The Hall–Kier alpha value is -0.450. The van der Waals surface area contributed by atoms with Gasteiger partial charge < -0.3 is 37.9 Å². The van der Waals surface area contributed by atoms with Crippen LogP contribution in [0.2, 0.25) is 0 Å². The van der Waals surface area contributed by atoms with Gasteiger partial charge in [-0.3, -0.25) is 0 Å². The van der Waals surface area contributed by atoms with Gasteiger partial charge in [-0.05, 0) is 13.8 Å². The summed E-state index contributed by atoms with van der Waals surface area (Å²) in [6, 6.07) is 0. The fourth-order valence-electron chi connectivity index (χ4n) is 3.08. The molecule has 13 heteroatoms. The van der Waals surface area contributed by atoms with E-state index in [2.05, 4.69) is 0 Å². The van der Waals surface area contributed by atoms with Gasteiger partial charge in [-0.25, -0.2) is 8.37 Å². The van der Waals surface area contributed by atoms with Crippen molar-refractivity contribution in [2.45, 2.75) is 50.2 Å². The Balaban J connectivity index is 2.30.